The van der Waals surface area contributed by atoms with E-state index in [0.717, 1.165) is 60.3 Å². The summed E-state index contributed by atoms with van der Waals surface area (Å²) in [5, 5.41) is 15.1. The third-order valence-corrected chi connectivity index (χ3v) is 6.03. The lowest BCUT2D eigenvalue weighted by molar-refractivity contribution is 0.0697. The van der Waals surface area contributed by atoms with E-state index in [1.165, 1.54) is 0 Å². The average molecular weight is 431 g/mol. The van der Waals surface area contributed by atoms with Gasteiger partial charge in [-0.15, -0.1) is 0 Å². The van der Waals surface area contributed by atoms with E-state index in [1.54, 1.807) is 12.1 Å². The van der Waals surface area contributed by atoms with Crippen LogP contribution in [0, 0.1) is 0 Å². The van der Waals surface area contributed by atoms with Crippen molar-refractivity contribution in [2.75, 3.05) is 32.8 Å². The van der Waals surface area contributed by atoms with Crippen molar-refractivity contribution in [1.29, 1.82) is 0 Å². The first-order chi connectivity index (χ1) is 15.6. The van der Waals surface area contributed by atoms with Crippen LogP contribution in [0.15, 0.2) is 72.3 Å². The maximum atomic E-state index is 11.2. The number of likely N-dealkylation sites (N-methyl/N-ethyl adjacent to an activating group) is 1. The fourth-order valence-electron chi connectivity index (χ4n) is 4.16. The molecule has 0 spiro atoms. The van der Waals surface area contributed by atoms with Crippen LogP contribution in [0.3, 0.4) is 0 Å². The molecule has 0 amide bonds. The Bertz CT molecular complexity index is 1090. The molecule has 5 nitrogen and oxygen atoms in total. The van der Waals surface area contributed by atoms with Crippen LogP contribution >= 0.6 is 0 Å². The molecule has 1 heterocycles. The average Bonchev–Trinajstić information content (AvgIpc) is 3.29. The zero-order chi connectivity index (χ0) is 22.3. The van der Waals surface area contributed by atoms with Crippen molar-refractivity contribution in [2.45, 2.75) is 19.4 Å². The van der Waals surface area contributed by atoms with Crippen LogP contribution in [0.5, 0.6) is 5.75 Å². The summed E-state index contributed by atoms with van der Waals surface area (Å²) in [5.41, 5.74) is 2.38. The zero-order valence-corrected chi connectivity index (χ0v) is 18.5. The summed E-state index contributed by atoms with van der Waals surface area (Å²) >= 11 is 0. The van der Waals surface area contributed by atoms with Gasteiger partial charge in [0.2, 0.25) is 0 Å². The van der Waals surface area contributed by atoms with Crippen molar-refractivity contribution < 1.29 is 14.6 Å². The SMILES string of the molecule is CCN1CCC(NC/C(=C/c2ccc(C(=O)O)cc2)COc2cccc3ccccc23)C1. The molecule has 1 unspecified atom stereocenters. The number of ether oxygens (including phenoxy) is 1. The van der Waals surface area contributed by atoms with Crippen LogP contribution < -0.4 is 10.1 Å². The van der Waals surface area contributed by atoms with Crippen LogP contribution in [0.1, 0.15) is 29.3 Å². The Morgan fingerprint density at radius 2 is 1.91 bits per heavy atom. The largest absolute Gasteiger partial charge is 0.489 e. The molecule has 1 aliphatic rings. The van der Waals surface area contributed by atoms with Crippen LogP contribution in [-0.4, -0.2) is 54.8 Å². The standard InChI is InChI=1S/C27H30N2O3/c1-2-29-15-14-24(18-29)28-17-21(16-20-10-12-23(13-11-20)27(30)31)19-32-26-9-5-7-22-6-3-4-8-25(22)26/h3-13,16,24,28H,2,14-15,17-19H2,1H3,(H,30,31)/b21-16-. The van der Waals surface area contributed by atoms with Gasteiger partial charge in [0.15, 0.2) is 0 Å². The number of likely N-dealkylation sites (tertiary alicyclic amines) is 1. The Hall–Kier alpha value is -3.15. The predicted molar refractivity (Wildman–Crippen MR) is 129 cm³/mol. The Kier molecular flexibility index (Phi) is 7.20. The van der Waals surface area contributed by atoms with Gasteiger partial charge in [0, 0.05) is 24.5 Å². The molecule has 0 radical (unpaired) electrons. The Morgan fingerprint density at radius 1 is 1.12 bits per heavy atom. The minimum absolute atomic E-state index is 0.291. The third kappa shape index (κ3) is 5.55. The van der Waals surface area contributed by atoms with Crippen molar-refractivity contribution in [3.05, 3.63) is 83.4 Å². The molecule has 3 aromatic carbocycles. The second kappa shape index (κ2) is 10.4. The van der Waals surface area contributed by atoms with Gasteiger partial charge in [0.05, 0.1) is 5.56 Å². The number of carbonyl (C=O) groups is 1. The van der Waals surface area contributed by atoms with Gasteiger partial charge in [0.1, 0.15) is 12.4 Å². The highest BCUT2D eigenvalue weighted by molar-refractivity contribution is 5.88. The zero-order valence-electron chi connectivity index (χ0n) is 18.5. The smallest absolute Gasteiger partial charge is 0.335 e. The fraction of sp³-hybridized carbons (Fsp3) is 0.296. The molecule has 166 valence electrons. The van der Waals surface area contributed by atoms with E-state index in [2.05, 4.69) is 41.4 Å². The molecular formula is C27H30N2O3. The molecule has 4 rings (SSSR count). The highest BCUT2D eigenvalue weighted by Crippen LogP contribution is 2.25. The molecular weight excluding hydrogens is 400 g/mol. The molecule has 1 aliphatic heterocycles. The number of carboxylic acid groups (broad SMARTS) is 1. The molecule has 0 aromatic heterocycles. The molecule has 0 aliphatic carbocycles. The lowest BCUT2D eigenvalue weighted by Crippen LogP contribution is -2.34. The minimum Gasteiger partial charge on any atom is -0.489 e. The molecule has 1 fully saturated rings. The number of carboxylic acids is 1. The van der Waals surface area contributed by atoms with E-state index in [-0.39, 0.29) is 0 Å². The molecule has 0 bridgehead atoms. The first-order valence-electron chi connectivity index (χ1n) is 11.2. The highest BCUT2D eigenvalue weighted by Gasteiger charge is 2.20. The van der Waals surface area contributed by atoms with Gasteiger partial charge in [-0.25, -0.2) is 4.79 Å². The van der Waals surface area contributed by atoms with Gasteiger partial charge in [-0.3, -0.25) is 0 Å². The lowest BCUT2D eigenvalue weighted by Gasteiger charge is -2.17. The monoisotopic (exact) mass is 430 g/mol. The summed E-state index contributed by atoms with van der Waals surface area (Å²) in [5.74, 6) is -0.0447. The number of hydrogen-bond acceptors (Lipinski definition) is 4. The van der Waals surface area contributed by atoms with Crippen molar-refractivity contribution in [2.24, 2.45) is 0 Å². The van der Waals surface area contributed by atoms with Gasteiger partial charge in [-0.1, -0.05) is 61.5 Å². The number of rotatable bonds is 9. The van der Waals surface area contributed by atoms with E-state index in [1.807, 2.05) is 36.4 Å². The summed E-state index contributed by atoms with van der Waals surface area (Å²) in [6.07, 6.45) is 3.24. The number of benzene rings is 3. The van der Waals surface area contributed by atoms with Crippen LogP contribution in [0.2, 0.25) is 0 Å². The van der Waals surface area contributed by atoms with Gasteiger partial charge in [0.25, 0.3) is 0 Å². The van der Waals surface area contributed by atoms with Gasteiger partial charge in [-0.2, -0.15) is 0 Å². The third-order valence-electron chi connectivity index (χ3n) is 6.03. The Morgan fingerprint density at radius 3 is 2.66 bits per heavy atom. The molecule has 32 heavy (non-hydrogen) atoms. The van der Waals surface area contributed by atoms with E-state index in [9.17, 15) is 4.79 Å². The van der Waals surface area contributed by atoms with Crippen molar-refractivity contribution in [3.8, 4) is 5.75 Å². The number of nitrogens with one attached hydrogen (secondary N) is 1. The van der Waals surface area contributed by atoms with E-state index >= 15 is 0 Å². The highest BCUT2D eigenvalue weighted by atomic mass is 16.5. The molecule has 3 aromatic rings. The Labute approximate surface area is 189 Å². The summed E-state index contributed by atoms with van der Waals surface area (Å²) in [4.78, 5) is 13.6. The summed E-state index contributed by atoms with van der Waals surface area (Å²) < 4.78 is 6.26. The second-order valence-corrected chi connectivity index (χ2v) is 8.26. The lowest BCUT2D eigenvalue weighted by atomic mass is 10.1. The van der Waals surface area contributed by atoms with Gasteiger partial charge < -0.3 is 20.1 Å². The van der Waals surface area contributed by atoms with Gasteiger partial charge in [-0.05, 0) is 54.2 Å². The molecule has 5 heteroatoms. The maximum absolute atomic E-state index is 11.2. The summed E-state index contributed by atoms with van der Waals surface area (Å²) in [6.45, 7) is 6.69. The number of hydrogen-bond donors (Lipinski definition) is 2. The maximum Gasteiger partial charge on any atom is 0.335 e. The van der Waals surface area contributed by atoms with E-state index in [4.69, 9.17) is 9.84 Å². The topological polar surface area (TPSA) is 61.8 Å². The fourth-order valence-corrected chi connectivity index (χ4v) is 4.16. The van der Waals surface area contributed by atoms with Gasteiger partial charge >= 0.3 is 5.97 Å². The second-order valence-electron chi connectivity index (χ2n) is 8.26. The summed E-state index contributed by atoms with van der Waals surface area (Å²) in [7, 11) is 0. The quantitative estimate of drug-likeness (QED) is 0.516. The molecule has 1 saturated heterocycles. The van der Waals surface area contributed by atoms with Crippen molar-refractivity contribution in [3.63, 3.8) is 0 Å². The van der Waals surface area contributed by atoms with Crippen molar-refractivity contribution >= 4 is 22.8 Å². The van der Waals surface area contributed by atoms with E-state index < -0.39 is 5.97 Å². The summed E-state index contributed by atoms with van der Waals surface area (Å²) in [6, 6.07) is 21.8. The minimum atomic E-state index is -0.913. The van der Waals surface area contributed by atoms with E-state index in [0.29, 0.717) is 18.2 Å². The van der Waals surface area contributed by atoms with Crippen LogP contribution in [0.4, 0.5) is 0 Å². The predicted octanol–water partition coefficient (Wildman–Crippen LogP) is 4.68. The number of fused-ring (bicyclic) bond motifs is 1. The first kappa shape index (κ1) is 22.1. The van der Waals surface area contributed by atoms with Crippen LogP contribution in [-0.2, 0) is 0 Å². The normalized spacial score (nSPS) is 17.0. The first-order valence-corrected chi connectivity index (χ1v) is 11.2. The Balaban J connectivity index is 1.50. The number of nitrogens with zero attached hydrogens (tertiary/aromatic N) is 1. The molecule has 1 atom stereocenters. The van der Waals surface area contributed by atoms with Crippen LogP contribution in [0.25, 0.3) is 16.8 Å². The number of aromatic carboxylic acids is 1. The molecule has 0 saturated carbocycles. The molecule has 2 N–H and O–H groups in total. The van der Waals surface area contributed by atoms with Crippen molar-refractivity contribution in [1.82, 2.24) is 10.2 Å².